The van der Waals surface area contributed by atoms with Crippen LogP contribution < -0.4 is 0 Å². The molecule has 0 amide bonds. The van der Waals surface area contributed by atoms with Gasteiger partial charge in [0.2, 0.25) is 5.78 Å². The first-order valence-corrected chi connectivity index (χ1v) is 5.87. The Kier molecular flexibility index (Phi) is 4.98. The van der Waals surface area contributed by atoms with Crippen molar-refractivity contribution in [3.05, 3.63) is 0 Å². The van der Waals surface area contributed by atoms with Crippen molar-refractivity contribution in [3.63, 3.8) is 0 Å². The molecule has 1 saturated heterocycles. The molecule has 1 aliphatic rings. The van der Waals surface area contributed by atoms with E-state index in [2.05, 4.69) is 11.8 Å². The van der Waals surface area contributed by atoms with Crippen molar-refractivity contribution in [3.8, 4) is 11.8 Å². The lowest BCUT2D eigenvalue weighted by atomic mass is 10.1. The Morgan fingerprint density at radius 1 is 1.50 bits per heavy atom. The van der Waals surface area contributed by atoms with Crippen molar-refractivity contribution in [2.45, 2.75) is 58.3 Å². The second kappa shape index (κ2) is 6.03. The van der Waals surface area contributed by atoms with Gasteiger partial charge in [-0.15, -0.1) is 0 Å². The van der Waals surface area contributed by atoms with Gasteiger partial charge in [-0.05, 0) is 32.6 Å². The number of carbonyl (C=O) groups is 1. The number of ketones is 1. The summed E-state index contributed by atoms with van der Waals surface area (Å²) < 4.78 is 11.0. The van der Waals surface area contributed by atoms with Crippen molar-refractivity contribution in [1.82, 2.24) is 0 Å². The zero-order valence-corrected chi connectivity index (χ0v) is 10.3. The van der Waals surface area contributed by atoms with Crippen molar-refractivity contribution >= 4 is 5.78 Å². The standard InChI is InChI=1S/C13H20O3/c1-4-5-6-7-11(14)10-12-8-9-15-13(2,3)16-12/h12H,4-5,8-10H2,1-3H3. The van der Waals surface area contributed by atoms with Gasteiger partial charge in [0, 0.05) is 12.8 Å². The quantitative estimate of drug-likeness (QED) is 0.545. The normalized spacial score (nSPS) is 23.3. The predicted octanol–water partition coefficient (Wildman–Crippen LogP) is 2.29. The zero-order chi connectivity index (χ0) is 12.0. The molecule has 0 aliphatic carbocycles. The highest BCUT2D eigenvalue weighted by Gasteiger charge is 2.30. The Morgan fingerprint density at radius 3 is 2.88 bits per heavy atom. The van der Waals surface area contributed by atoms with E-state index in [0.717, 1.165) is 19.3 Å². The number of hydrogen-bond donors (Lipinski definition) is 0. The first kappa shape index (κ1) is 13.2. The maximum Gasteiger partial charge on any atom is 0.208 e. The molecule has 1 heterocycles. The van der Waals surface area contributed by atoms with Crippen LogP contribution in [-0.2, 0) is 14.3 Å². The lowest BCUT2D eigenvalue weighted by Crippen LogP contribution is -2.40. The molecule has 0 spiro atoms. The maximum absolute atomic E-state index is 11.5. The van der Waals surface area contributed by atoms with Crippen LogP contribution in [0, 0.1) is 11.8 Å². The minimum Gasteiger partial charge on any atom is -0.350 e. The van der Waals surface area contributed by atoms with E-state index in [4.69, 9.17) is 9.47 Å². The first-order valence-electron chi connectivity index (χ1n) is 5.87. The molecule has 1 fully saturated rings. The smallest absolute Gasteiger partial charge is 0.208 e. The Morgan fingerprint density at radius 2 is 2.25 bits per heavy atom. The molecule has 3 heteroatoms. The third kappa shape index (κ3) is 4.78. The highest BCUT2D eigenvalue weighted by atomic mass is 16.7. The average Bonchev–Trinajstić information content (AvgIpc) is 2.16. The van der Waals surface area contributed by atoms with Crippen LogP contribution in [0.1, 0.15) is 46.5 Å². The van der Waals surface area contributed by atoms with Crippen LogP contribution in [0.2, 0.25) is 0 Å². The topological polar surface area (TPSA) is 35.5 Å². The van der Waals surface area contributed by atoms with Gasteiger partial charge in [0.15, 0.2) is 5.79 Å². The molecule has 3 nitrogen and oxygen atoms in total. The van der Waals surface area contributed by atoms with E-state index in [-0.39, 0.29) is 11.9 Å². The minimum absolute atomic E-state index is 0.0313. The van der Waals surface area contributed by atoms with Crippen molar-refractivity contribution in [2.75, 3.05) is 6.61 Å². The van der Waals surface area contributed by atoms with E-state index in [1.165, 1.54) is 0 Å². The summed E-state index contributed by atoms with van der Waals surface area (Å²) in [6.07, 6.45) is 2.87. The number of Topliss-reactive ketones (excluding diaryl/α,β-unsaturated/α-hetero) is 1. The molecule has 90 valence electrons. The van der Waals surface area contributed by atoms with Gasteiger partial charge in [-0.25, -0.2) is 0 Å². The molecule has 0 bridgehead atoms. The monoisotopic (exact) mass is 224 g/mol. The Labute approximate surface area is 97.5 Å². The summed E-state index contributed by atoms with van der Waals surface area (Å²) in [5, 5.41) is 0. The maximum atomic E-state index is 11.5. The summed E-state index contributed by atoms with van der Waals surface area (Å²) in [5.41, 5.74) is 0. The second-order valence-electron chi connectivity index (χ2n) is 4.46. The fraction of sp³-hybridized carbons (Fsp3) is 0.769. The highest BCUT2D eigenvalue weighted by molar-refractivity contribution is 5.95. The predicted molar refractivity (Wildman–Crippen MR) is 61.8 cm³/mol. The molecule has 1 unspecified atom stereocenters. The average molecular weight is 224 g/mol. The summed E-state index contributed by atoms with van der Waals surface area (Å²) in [4.78, 5) is 11.5. The Bertz CT molecular complexity index is 296. The lowest BCUT2D eigenvalue weighted by Gasteiger charge is -2.35. The van der Waals surface area contributed by atoms with E-state index in [0.29, 0.717) is 13.0 Å². The molecule has 0 saturated carbocycles. The van der Waals surface area contributed by atoms with Crippen LogP contribution in [0.25, 0.3) is 0 Å². The van der Waals surface area contributed by atoms with E-state index in [1.807, 2.05) is 20.8 Å². The molecule has 0 aromatic carbocycles. The van der Waals surface area contributed by atoms with Gasteiger partial charge >= 0.3 is 0 Å². The van der Waals surface area contributed by atoms with E-state index < -0.39 is 5.79 Å². The summed E-state index contributed by atoms with van der Waals surface area (Å²) in [5.74, 6) is 4.91. The fourth-order valence-electron chi connectivity index (χ4n) is 1.62. The van der Waals surface area contributed by atoms with Gasteiger partial charge in [-0.2, -0.15) is 0 Å². The fourth-order valence-corrected chi connectivity index (χ4v) is 1.62. The Hall–Kier alpha value is -0.850. The van der Waals surface area contributed by atoms with Gasteiger partial charge in [0.25, 0.3) is 0 Å². The van der Waals surface area contributed by atoms with Crippen LogP contribution in [0.4, 0.5) is 0 Å². The number of carbonyl (C=O) groups excluding carboxylic acids is 1. The summed E-state index contributed by atoms with van der Waals surface area (Å²) >= 11 is 0. The lowest BCUT2D eigenvalue weighted by molar-refractivity contribution is -0.272. The molecular formula is C13H20O3. The number of rotatable bonds is 3. The molecule has 0 N–H and O–H groups in total. The third-order valence-corrected chi connectivity index (χ3v) is 2.36. The molecular weight excluding hydrogens is 204 g/mol. The van der Waals surface area contributed by atoms with Gasteiger partial charge in [0.1, 0.15) is 0 Å². The van der Waals surface area contributed by atoms with E-state index >= 15 is 0 Å². The molecule has 1 aliphatic heterocycles. The van der Waals surface area contributed by atoms with Crippen LogP contribution in [0.5, 0.6) is 0 Å². The van der Waals surface area contributed by atoms with Crippen molar-refractivity contribution < 1.29 is 14.3 Å². The third-order valence-electron chi connectivity index (χ3n) is 2.36. The largest absolute Gasteiger partial charge is 0.350 e. The Balaban J connectivity index is 2.37. The highest BCUT2D eigenvalue weighted by Crippen LogP contribution is 2.23. The number of ether oxygens (including phenoxy) is 2. The molecule has 0 aromatic heterocycles. The van der Waals surface area contributed by atoms with E-state index in [1.54, 1.807) is 0 Å². The summed E-state index contributed by atoms with van der Waals surface area (Å²) in [6.45, 7) is 6.43. The van der Waals surface area contributed by atoms with Gasteiger partial charge in [-0.1, -0.05) is 12.8 Å². The molecule has 0 radical (unpaired) electrons. The molecule has 1 atom stereocenters. The summed E-state index contributed by atoms with van der Waals surface area (Å²) in [6, 6.07) is 0. The minimum atomic E-state index is -0.569. The molecule has 0 aromatic rings. The van der Waals surface area contributed by atoms with Crippen LogP contribution >= 0.6 is 0 Å². The molecule has 1 rings (SSSR count). The van der Waals surface area contributed by atoms with Crippen LogP contribution in [0.3, 0.4) is 0 Å². The zero-order valence-electron chi connectivity index (χ0n) is 10.3. The number of hydrogen-bond acceptors (Lipinski definition) is 3. The SMILES string of the molecule is CCCC#CC(=O)CC1CCOC(C)(C)O1. The van der Waals surface area contributed by atoms with Crippen LogP contribution in [0.15, 0.2) is 0 Å². The number of unbranched alkanes of at least 4 members (excludes halogenated alkanes) is 1. The van der Waals surface area contributed by atoms with Crippen LogP contribution in [-0.4, -0.2) is 24.3 Å². The molecule has 16 heavy (non-hydrogen) atoms. The van der Waals surface area contributed by atoms with E-state index in [9.17, 15) is 4.79 Å². The van der Waals surface area contributed by atoms with Gasteiger partial charge < -0.3 is 9.47 Å². The van der Waals surface area contributed by atoms with Crippen molar-refractivity contribution in [1.29, 1.82) is 0 Å². The van der Waals surface area contributed by atoms with Gasteiger partial charge in [0.05, 0.1) is 12.7 Å². The summed E-state index contributed by atoms with van der Waals surface area (Å²) in [7, 11) is 0. The second-order valence-corrected chi connectivity index (χ2v) is 4.46. The van der Waals surface area contributed by atoms with Crippen molar-refractivity contribution in [2.24, 2.45) is 0 Å². The van der Waals surface area contributed by atoms with Gasteiger partial charge in [-0.3, -0.25) is 4.79 Å². The first-order chi connectivity index (χ1) is 7.53.